The minimum atomic E-state index is -0.439. The van der Waals surface area contributed by atoms with E-state index in [2.05, 4.69) is 15.4 Å². The number of hydrogen-bond acceptors (Lipinski definition) is 4. The number of fused-ring (bicyclic) bond motifs is 1. The maximum absolute atomic E-state index is 13.0. The van der Waals surface area contributed by atoms with Gasteiger partial charge in [0, 0.05) is 12.1 Å². The Balaban J connectivity index is 1.53. The molecule has 0 aliphatic heterocycles. The summed E-state index contributed by atoms with van der Waals surface area (Å²) in [5.74, 6) is -0.571. The molecule has 1 atom stereocenters. The van der Waals surface area contributed by atoms with Crippen LogP contribution in [-0.4, -0.2) is 20.5 Å². The first kappa shape index (κ1) is 18.1. The average Bonchev–Trinajstić information content (AvgIpc) is 3.32. The zero-order valence-corrected chi connectivity index (χ0v) is 15.8. The third-order valence-corrected chi connectivity index (χ3v) is 5.26. The van der Waals surface area contributed by atoms with E-state index in [0.29, 0.717) is 16.9 Å². The van der Waals surface area contributed by atoms with Crippen LogP contribution < -0.4 is 10.9 Å². The zero-order valence-electron chi connectivity index (χ0n) is 15.0. The van der Waals surface area contributed by atoms with Crippen LogP contribution in [0, 0.1) is 5.82 Å². The second-order valence-electron chi connectivity index (χ2n) is 6.45. The number of hydrogen-bond donors (Lipinski definition) is 2. The third kappa shape index (κ3) is 3.72. The molecule has 1 aromatic carbocycles. The minimum absolute atomic E-state index is 0.124. The largest absolute Gasteiger partial charge is 0.348 e. The van der Waals surface area contributed by atoms with Gasteiger partial charge in [0.2, 0.25) is 5.91 Å². The lowest BCUT2D eigenvalue weighted by molar-refractivity contribution is -0.121. The van der Waals surface area contributed by atoms with E-state index in [0.717, 1.165) is 10.6 Å². The van der Waals surface area contributed by atoms with Gasteiger partial charge < -0.3 is 5.32 Å². The minimum Gasteiger partial charge on any atom is -0.348 e. The second-order valence-corrected chi connectivity index (χ2v) is 7.40. The van der Waals surface area contributed by atoms with Gasteiger partial charge in [-0.2, -0.15) is 0 Å². The molecule has 0 saturated carbocycles. The highest BCUT2D eigenvalue weighted by Gasteiger charge is 2.15. The number of benzene rings is 1. The second kappa shape index (κ2) is 7.40. The number of rotatable bonds is 5. The van der Waals surface area contributed by atoms with E-state index in [4.69, 9.17) is 0 Å². The molecular weight excluding hydrogens is 379 g/mol. The highest BCUT2D eigenvalue weighted by molar-refractivity contribution is 7.13. The molecule has 4 rings (SSSR count). The lowest BCUT2D eigenvalue weighted by Gasteiger charge is -2.13. The summed E-state index contributed by atoms with van der Waals surface area (Å²) < 4.78 is 14.4. The van der Waals surface area contributed by atoms with E-state index in [9.17, 15) is 14.0 Å². The first-order valence-corrected chi connectivity index (χ1v) is 9.58. The summed E-state index contributed by atoms with van der Waals surface area (Å²) >= 11 is 1.56. The van der Waals surface area contributed by atoms with Gasteiger partial charge in [0.1, 0.15) is 5.82 Å². The Kier molecular flexibility index (Phi) is 4.79. The molecule has 1 amide bonds. The molecule has 142 valence electrons. The molecule has 0 radical (unpaired) electrons. The number of nitrogens with zero attached hydrogens (tertiary/aromatic N) is 2. The summed E-state index contributed by atoms with van der Waals surface area (Å²) in [5, 5.41) is 7.84. The Morgan fingerprint density at radius 1 is 1.29 bits per heavy atom. The average molecular weight is 396 g/mol. The van der Waals surface area contributed by atoms with Gasteiger partial charge in [0.15, 0.2) is 5.65 Å². The number of aromatic amines is 1. The highest BCUT2D eigenvalue weighted by Crippen LogP contribution is 2.23. The molecule has 6 nitrogen and oxygen atoms in total. The van der Waals surface area contributed by atoms with Gasteiger partial charge in [0.25, 0.3) is 5.56 Å². The molecule has 2 N–H and O–H groups in total. The molecule has 8 heteroatoms. The van der Waals surface area contributed by atoms with Gasteiger partial charge in [0.05, 0.1) is 28.7 Å². The number of amides is 1. The normalized spacial score (nSPS) is 12.2. The number of halogens is 1. The molecule has 0 aliphatic carbocycles. The summed E-state index contributed by atoms with van der Waals surface area (Å²) in [5.41, 5.74) is 2.24. The Hall–Kier alpha value is -3.26. The van der Waals surface area contributed by atoms with Crippen LogP contribution in [0.4, 0.5) is 4.39 Å². The summed E-state index contributed by atoms with van der Waals surface area (Å²) in [6.07, 6.45) is 0.124. The summed E-state index contributed by atoms with van der Waals surface area (Å²) in [7, 11) is 0. The van der Waals surface area contributed by atoms with E-state index in [1.165, 1.54) is 22.7 Å². The number of carbonyl (C=O) groups is 1. The number of aromatic nitrogens is 3. The molecule has 0 saturated heterocycles. The number of thiophene rings is 1. The SMILES string of the molecule is C[C@H](NC(=O)Cc1ccc(F)cc1)c1cc(=O)n2[nH]c(-c3cccs3)cc2n1. The van der Waals surface area contributed by atoms with Crippen LogP contribution in [-0.2, 0) is 11.2 Å². The number of carbonyl (C=O) groups excluding carboxylic acids is 1. The van der Waals surface area contributed by atoms with Crippen molar-refractivity contribution in [1.82, 2.24) is 19.9 Å². The van der Waals surface area contributed by atoms with Crippen molar-refractivity contribution in [3.05, 3.63) is 81.3 Å². The molecule has 0 unspecified atom stereocenters. The summed E-state index contributed by atoms with van der Waals surface area (Å²) in [6, 6.07) is 12.5. The van der Waals surface area contributed by atoms with Crippen molar-refractivity contribution >= 4 is 22.9 Å². The van der Waals surface area contributed by atoms with Gasteiger partial charge in [-0.1, -0.05) is 18.2 Å². The summed E-state index contributed by atoms with van der Waals surface area (Å²) in [6.45, 7) is 1.77. The Morgan fingerprint density at radius 2 is 2.07 bits per heavy atom. The standard InChI is InChI=1S/C20H17FN4O2S/c1-12(22-19(26)9-13-4-6-14(21)7-5-13)15-11-20(27)25-18(23-15)10-16(24-25)17-3-2-8-28-17/h2-8,10-12,24H,9H2,1H3,(H,22,26)/t12-/m0/s1. The monoisotopic (exact) mass is 396 g/mol. The van der Waals surface area contributed by atoms with E-state index in [1.807, 2.05) is 23.6 Å². The van der Waals surface area contributed by atoms with E-state index in [-0.39, 0.29) is 23.7 Å². The molecule has 0 fully saturated rings. The van der Waals surface area contributed by atoms with Crippen molar-refractivity contribution in [3.8, 4) is 10.6 Å². The predicted molar refractivity (Wildman–Crippen MR) is 106 cm³/mol. The van der Waals surface area contributed by atoms with Crippen LogP contribution in [0.1, 0.15) is 24.2 Å². The Labute approximate surface area is 163 Å². The molecule has 0 spiro atoms. The molecule has 0 bridgehead atoms. The molecule has 4 aromatic rings. The van der Waals surface area contributed by atoms with E-state index >= 15 is 0 Å². The van der Waals surface area contributed by atoms with Crippen molar-refractivity contribution in [2.45, 2.75) is 19.4 Å². The molecular formula is C20H17FN4O2S. The topological polar surface area (TPSA) is 79.3 Å². The molecule has 0 aliphatic rings. The fourth-order valence-corrected chi connectivity index (χ4v) is 3.64. The zero-order chi connectivity index (χ0) is 19.7. The Morgan fingerprint density at radius 3 is 2.79 bits per heavy atom. The van der Waals surface area contributed by atoms with Crippen LogP contribution in [0.3, 0.4) is 0 Å². The maximum Gasteiger partial charge on any atom is 0.272 e. The smallest absolute Gasteiger partial charge is 0.272 e. The van der Waals surface area contributed by atoms with Crippen molar-refractivity contribution < 1.29 is 9.18 Å². The van der Waals surface area contributed by atoms with Crippen LogP contribution in [0.5, 0.6) is 0 Å². The highest BCUT2D eigenvalue weighted by atomic mass is 32.1. The fraction of sp³-hybridized carbons (Fsp3) is 0.150. The van der Waals surface area contributed by atoms with Crippen LogP contribution in [0.15, 0.2) is 58.7 Å². The predicted octanol–water partition coefficient (Wildman–Crippen LogP) is 3.31. The van der Waals surface area contributed by atoms with Gasteiger partial charge >= 0.3 is 0 Å². The van der Waals surface area contributed by atoms with Crippen molar-refractivity contribution in [2.24, 2.45) is 0 Å². The quantitative estimate of drug-likeness (QED) is 0.543. The molecule has 3 aromatic heterocycles. The van der Waals surface area contributed by atoms with E-state index < -0.39 is 6.04 Å². The van der Waals surface area contributed by atoms with Gasteiger partial charge in [-0.3, -0.25) is 14.7 Å². The lowest BCUT2D eigenvalue weighted by Crippen LogP contribution is -2.30. The van der Waals surface area contributed by atoms with Crippen LogP contribution in [0.25, 0.3) is 16.2 Å². The van der Waals surface area contributed by atoms with Gasteiger partial charge in [-0.25, -0.2) is 13.9 Å². The number of H-pyrrole nitrogens is 1. The van der Waals surface area contributed by atoms with Gasteiger partial charge in [-0.15, -0.1) is 11.3 Å². The van der Waals surface area contributed by atoms with Gasteiger partial charge in [-0.05, 0) is 36.1 Å². The van der Waals surface area contributed by atoms with Crippen LogP contribution in [0.2, 0.25) is 0 Å². The first-order valence-electron chi connectivity index (χ1n) is 8.70. The fourth-order valence-electron chi connectivity index (χ4n) is 2.94. The molecule has 28 heavy (non-hydrogen) atoms. The number of nitrogens with one attached hydrogen (secondary N) is 2. The first-order chi connectivity index (χ1) is 13.5. The van der Waals surface area contributed by atoms with E-state index in [1.54, 1.807) is 30.4 Å². The third-order valence-electron chi connectivity index (χ3n) is 4.36. The Bertz CT molecular complexity index is 1180. The van der Waals surface area contributed by atoms with Crippen molar-refractivity contribution in [3.63, 3.8) is 0 Å². The summed E-state index contributed by atoms with van der Waals surface area (Å²) in [4.78, 5) is 30.2. The van der Waals surface area contributed by atoms with Crippen molar-refractivity contribution in [1.29, 1.82) is 0 Å². The van der Waals surface area contributed by atoms with Crippen LogP contribution >= 0.6 is 11.3 Å². The van der Waals surface area contributed by atoms with Crippen molar-refractivity contribution in [2.75, 3.05) is 0 Å². The molecule has 3 heterocycles. The lowest BCUT2D eigenvalue weighted by atomic mass is 10.1. The maximum atomic E-state index is 13.0.